The smallest absolute Gasteiger partial charge is 0.0812 e. The van der Waals surface area contributed by atoms with Crippen LogP contribution in [0.3, 0.4) is 0 Å². The van der Waals surface area contributed by atoms with Crippen LogP contribution in [-0.4, -0.2) is 17.3 Å². The zero-order valence-electron chi connectivity index (χ0n) is 7.96. The molecule has 1 aliphatic rings. The van der Waals surface area contributed by atoms with Crippen LogP contribution in [0.4, 0.5) is 0 Å². The molecule has 0 saturated carbocycles. The summed E-state index contributed by atoms with van der Waals surface area (Å²) in [6, 6.07) is 6.12. The van der Waals surface area contributed by atoms with Gasteiger partial charge in [-0.15, -0.1) is 0 Å². The number of benzene rings is 1. The second-order valence-corrected chi connectivity index (χ2v) is 4.84. The Morgan fingerprint density at radius 1 is 1.50 bits per heavy atom. The van der Waals surface area contributed by atoms with E-state index in [1.807, 2.05) is 12.1 Å². The molecule has 2 rings (SSSR count). The molecule has 0 aromatic heterocycles. The Morgan fingerprint density at radius 2 is 2.29 bits per heavy atom. The van der Waals surface area contributed by atoms with Gasteiger partial charge in [0.2, 0.25) is 0 Å². The molecular formula is C11H14BrNO. The lowest BCUT2D eigenvalue weighted by atomic mass is 9.80. The van der Waals surface area contributed by atoms with E-state index >= 15 is 0 Å². The van der Waals surface area contributed by atoms with Crippen LogP contribution in [0.1, 0.15) is 17.5 Å². The van der Waals surface area contributed by atoms with Gasteiger partial charge in [0, 0.05) is 17.4 Å². The van der Waals surface area contributed by atoms with Gasteiger partial charge >= 0.3 is 0 Å². The van der Waals surface area contributed by atoms with E-state index in [1.165, 1.54) is 11.1 Å². The monoisotopic (exact) mass is 255 g/mol. The summed E-state index contributed by atoms with van der Waals surface area (Å²) >= 11 is 3.53. The molecule has 0 radical (unpaired) electrons. The number of hydrogen-bond acceptors (Lipinski definition) is 2. The molecule has 1 atom stereocenters. The van der Waals surface area contributed by atoms with E-state index < -0.39 is 5.60 Å². The Labute approximate surface area is 92.3 Å². The fourth-order valence-electron chi connectivity index (χ4n) is 2.02. The van der Waals surface area contributed by atoms with Crippen LogP contribution in [0.5, 0.6) is 0 Å². The van der Waals surface area contributed by atoms with E-state index in [0.717, 1.165) is 17.3 Å². The van der Waals surface area contributed by atoms with E-state index in [4.69, 9.17) is 5.73 Å². The highest BCUT2D eigenvalue weighted by atomic mass is 79.9. The van der Waals surface area contributed by atoms with E-state index in [0.29, 0.717) is 13.0 Å². The largest absolute Gasteiger partial charge is 0.388 e. The Bertz CT molecular complexity index is 353. The van der Waals surface area contributed by atoms with Crippen molar-refractivity contribution in [3.8, 4) is 0 Å². The molecule has 1 aliphatic carbocycles. The van der Waals surface area contributed by atoms with Crippen molar-refractivity contribution < 1.29 is 5.11 Å². The normalized spacial score (nSPS) is 25.9. The van der Waals surface area contributed by atoms with Crippen LogP contribution in [0, 0.1) is 0 Å². The van der Waals surface area contributed by atoms with E-state index in [9.17, 15) is 5.11 Å². The number of nitrogens with two attached hydrogens (primary N) is 1. The molecule has 76 valence electrons. The van der Waals surface area contributed by atoms with Gasteiger partial charge in [0.25, 0.3) is 0 Å². The van der Waals surface area contributed by atoms with Gasteiger partial charge in [0.05, 0.1) is 5.60 Å². The highest BCUT2D eigenvalue weighted by Crippen LogP contribution is 2.32. The fraction of sp³-hybridized carbons (Fsp3) is 0.455. The van der Waals surface area contributed by atoms with E-state index in [2.05, 4.69) is 22.0 Å². The third-order valence-electron chi connectivity index (χ3n) is 2.96. The summed E-state index contributed by atoms with van der Waals surface area (Å²) in [5.41, 5.74) is 7.43. The topological polar surface area (TPSA) is 46.2 Å². The highest BCUT2D eigenvalue weighted by molar-refractivity contribution is 9.10. The second-order valence-electron chi connectivity index (χ2n) is 3.98. The van der Waals surface area contributed by atoms with Crippen LogP contribution in [0.15, 0.2) is 22.7 Å². The molecule has 0 amide bonds. The molecule has 14 heavy (non-hydrogen) atoms. The van der Waals surface area contributed by atoms with Crippen molar-refractivity contribution in [2.24, 2.45) is 5.73 Å². The maximum atomic E-state index is 10.1. The SMILES string of the molecule is NCC1(O)CCc2c(Br)cccc2C1. The van der Waals surface area contributed by atoms with Crippen molar-refractivity contribution in [1.29, 1.82) is 0 Å². The van der Waals surface area contributed by atoms with Gasteiger partial charge in [0.15, 0.2) is 0 Å². The van der Waals surface area contributed by atoms with Crippen molar-refractivity contribution in [1.82, 2.24) is 0 Å². The molecule has 0 aliphatic heterocycles. The Kier molecular flexibility index (Phi) is 2.64. The molecule has 0 heterocycles. The lowest BCUT2D eigenvalue weighted by molar-refractivity contribution is 0.0352. The third kappa shape index (κ3) is 1.72. The van der Waals surface area contributed by atoms with Crippen molar-refractivity contribution in [3.05, 3.63) is 33.8 Å². The first-order valence-corrected chi connectivity index (χ1v) is 5.63. The summed E-state index contributed by atoms with van der Waals surface area (Å²) in [5, 5.41) is 10.1. The number of hydrogen-bond donors (Lipinski definition) is 2. The first-order chi connectivity index (χ1) is 6.64. The quantitative estimate of drug-likeness (QED) is 0.802. The summed E-state index contributed by atoms with van der Waals surface area (Å²) in [4.78, 5) is 0. The van der Waals surface area contributed by atoms with Gasteiger partial charge in [-0.1, -0.05) is 28.1 Å². The maximum absolute atomic E-state index is 10.1. The van der Waals surface area contributed by atoms with Gasteiger partial charge < -0.3 is 10.8 Å². The molecule has 0 fully saturated rings. The molecule has 1 aromatic carbocycles. The van der Waals surface area contributed by atoms with Gasteiger partial charge in [-0.05, 0) is 30.0 Å². The minimum Gasteiger partial charge on any atom is -0.388 e. The predicted molar refractivity (Wildman–Crippen MR) is 60.2 cm³/mol. The average Bonchev–Trinajstić information content (AvgIpc) is 2.18. The molecule has 3 heteroatoms. The first-order valence-electron chi connectivity index (χ1n) is 4.83. The van der Waals surface area contributed by atoms with Gasteiger partial charge in [0.1, 0.15) is 0 Å². The maximum Gasteiger partial charge on any atom is 0.0812 e. The summed E-state index contributed by atoms with van der Waals surface area (Å²) in [6.45, 7) is 0.346. The molecular weight excluding hydrogens is 242 g/mol. The van der Waals surface area contributed by atoms with Crippen molar-refractivity contribution in [3.63, 3.8) is 0 Å². The third-order valence-corrected chi connectivity index (χ3v) is 3.70. The van der Waals surface area contributed by atoms with Crippen molar-refractivity contribution in [2.45, 2.75) is 24.9 Å². The zero-order valence-corrected chi connectivity index (χ0v) is 9.55. The summed E-state index contributed by atoms with van der Waals surface area (Å²) in [5.74, 6) is 0. The second kappa shape index (κ2) is 3.65. The Hall–Kier alpha value is -0.380. The van der Waals surface area contributed by atoms with E-state index in [1.54, 1.807) is 0 Å². The molecule has 0 bridgehead atoms. The zero-order chi connectivity index (χ0) is 10.2. The lowest BCUT2D eigenvalue weighted by Gasteiger charge is -2.32. The van der Waals surface area contributed by atoms with Gasteiger partial charge in [-0.3, -0.25) is 0 Å². The van der Waals surface area contributed by atoms with Crippen molar-refractivity contribution in [2.75, 3.05) is 6.54 Å². The van der Waals surface area contributed by atoms with Gasteiger partial charge in [-0.2, -0.15) is 0 Å². The fourth-order valence-corrected chi connectivity index (χ4v) is 2.63. The summed E-state index contributed by atoms with van der Waals surface area (Å²) in [7, 11) is 0. The van der Waals surface area contributed by atoms with Gasteiger partial charge in [-0.25, -0.2) is 0 Å². The summed E-state index contributed by atoms with van der Waals surface area (Å²) < 4.78 is 1.15. The number of aliphatic hydroxyl groups is 1. The van der Waals surface area contributed by atoms with Crippen LogP contribution in [0.25, 0.3) is 0 Å². The number of halogens is 1. The van der Waals surface area contributed by atoms with Crippen LogP contribution < -0.4 is 5.73 Å². The molecule has 0 spiro atoms. The average molecular weight is 256 g/mol. The minimum atomic E-state index is -0.687. The van der Waals surface area contributed by atoms with Crippen LogP contribution in [-0.2, 0) is 12.8 Å². The Morgan fingerprint density at radius 3 is 3.00 bits per heavy atom. The molecule has 1 unspecified atom stereocenters. The number of rotatable bonds is 1. The lowest BCUT2D eigenvalue weighted by Crippen LogP contribution is -2.42. The van der Waals surface area contributed by atoms with Crippen molar-refractivity contribution >= 4 is 15.9 Å². The molecule has 2 nitrogen and oxygen atoms in total. The summed E-state index contributed by atoms with van der Waals surface area (Å²) in [6.07, 6.45) is 2.35. The highest BCUT2D eigenvalue weighted by Gasteiger charge is 2.31. The number of fused-ring (bicyclic) bond motifs is 1. The molecule has 1 aromatic rings. The van der Waals surface area contributed by atoms with Crippen LogP contribution in [0.2, 0.25) is 0 Å². The predicted octanol–water partition coefficient (Wildman–Crippen LogP) is 1.63. The standard InChI is InChI=1S/C11H14BrNO/c12-10-3-1-2-8-6-11(14,7-13)5-4-9(8)10/h1-3,14H,4-7,13H2. The first kappa shape index (κ1) is 10.1. The minimum absolute atomic E-state index is 0.346. The Balaban J connectivity index is 2.36. The van der Waals surface area contributed by atoms with Crippen LogP contribution >= 0.6 is 15.9 Å². The molecule has 3 N–H and O–H groups in total. The van der Waals surface area contributed by atoms with E-state index in [-0.39, 0.29) is 0 Å². The molecule has 0 saturated heterocycles.